The lowest BCUT2D eigenvalue weighted by Crippen LogP contribution is -2.31. The van der Waals surface area contributed by atoms with Gasteiger partial charge in [0.1, 0.15) is 5.75 Å². The highest BCUT2D eigenvalue weighted by Crippen LogP contribution is 2.25. The van der Waals surface area contributed by atoms with E-state index in [4.69, 9.17) is 15.6 Å². The third-order valence-electron chi connectivity index (χ3n) is 2.38. The van der Waals surface area contributed by atoms with E-state index in [9.17, 15) is 0 Å². The predicted molar refractivity (Wildman–Crippen MR) is 66.8 cm³/mol. The molecule has 0 saturated heterocycles. The average Bonchev–Trinajstić information content (AvgIpc) is 2.15. The molecule has 4 heteroatoms. The van der Waals surface area contributed by atoms with Gasteiger partial charge in [0.2, 0.25) is 0 Å². The number of methoxy groups -OCH3 is 1. The number of aliphatic hydroxyl groups excluding tert-OH is 1. The number of hydrogen-bond acceptors (Lipinski definition) is 4. The second-order valence-electron chi connectivity index (χ2n) is 4.48. The van der Waals surface area contributed by atoms with Crippen LogP contribution in [0.1, 0.15) is 20.3 Å². The van der Waals surface area contributed by atoms with Gasteiger partial charge in [-0.05, 0) is 26.3 Å². The quantitative estimate of drug-likeness (QED) is 0.668. The van der Waals surface area contributed by atoms with E-state index in [0.717, 1.165) is 11.4 Å². The summed E-state index contributed by atoms with van der Waals surface area (Å²) in [5, 5.41) is 12.3. The predicted octanol–water partition coefficient (Wildman–Crippen LogP) is 1.85. The number of ether oxygens (including phenoxy) is 1. The minimum Gasteiger partial charge on any atom is -0.497 e. The van der Waals surface area contributed by atoms with E-state index in [2.05, 4.69) is 5.32 Å². The van der Waals surface area contributed by atoms with Crippen LogP contribution < -0.4 is 15.8 Å². The highest BCUT2D eigenvalue weighted by Gasteiger charge is 2.16. The third-order valence-corrected chi connectivity index (χ3v) is 2.38. The highest BCUT2D eigenvalue weighted by atomic mass is 16.5. The summed E-state index contributed by atoms with van der Waals surface area (Å²) in [6.07, 6.45) is 0.671. The first-order valence-corrected chi connectivity index (χ1v) is 5.30. The Morgan fingerprint density at radius 2 is 2.06 bits per heavy atom. The Balaban J connectivity index is 2.84. The fraction of sp³-hybridized carbons (Fsp3) is 0.500. The van der Waals surface area contributed by atoms with Crippen LogP contribution in [0.15, 0.2) is 18.2 Å². The largest absolute Gasteiger partial charge is 0.497 e. The van der Waals surface area contributed by atoms with Gasteiger partial charge in [-0.2, -0.15) is 0 Å². The van der Waals surface area contributed by atoms with Crippen LogP contribution in [0.2, 0.25) is 0 Å². The first kappa shape index (κ1) is 12.6. The van der Waals surface area contributed by atoms with Crippen molar-refractivity contribution in [2.45, 2.75) is 25.8 Å². The smallest absolute Gasteiger partial charge is 0.122 e. The molecular formula is C12H20N2O2. The van der Waals surface area contributed by atoms with Gasteiger partial charge >= 0.3 is 0 Å². The van der Waals surface area contributed by atoms with Crippen LogP contribution in [0, 0.1) is 0 Å². The third kappa shape index (κ3) is 3.62. The maximum atomic E-state index is 8.95. The van der Waals surface area contributed by atoms with E-state index in [-0.39, 0.29) is 12.1 Å². The summed E-state index contributed by atoms with van der Waals surface area (Å²) in [5.74, 6) is 0.724. The van der Waals surface area contributed by atoms with Crippen molar-refractivity contribution in [2.24, 2.45) is 0 Å². The summed E-state index contributed by atoms with van der Waals surface area (Å²) in [5.41, 5.74) is 7.14. The van der Waals surface area contributed by atoms with Gasteiger partial charge < -0.3 is 20.9 Å². The van der Waals surface area contributed by atoms with Gasteiger partial charge in [0.15, 0.2) is 0 Å². The highest BCUT2D eigenvalue weighted by molar-refractivity contribution is 5.60. The van der Waals surface area contributed by atoms with Gasteiger partial charge in [0, 0.05) is 35.7 Å². The molecular weight excluding hydrogens is 204 g/mol. The first-order valence-electron chi connectivity index (χ1n) is 5.30. The molecule has 0 aliphatic heterocycles. The Bertz CT molecular complexity index is 351. The van der Waals surface area contributed by atoms with E-state index in [1.807, 2.05) is 26.0 Å². The molecule has 0 saturated carbocycles. The molecule has 0 fully saturated rings. The molecule has 4 nitrogen and oxygen atoms in total. The molecule has 0 heterocycles. The zero-order valence-corrected chi connectivity index (χ0v) is 10.1. The number of aliphatic hydroxyl groups is 1. The number of anilines is 2. The van der Waals surface area contributed by atoms with E-state index < -0.39 is 0 Å². The minimum atomic E-state index is -0.173. The van der Waals surface area contributed by atoms with E-state index in [1.54, 1.807) is 13.2 Å². The van der Waals surface area contributed by atoms with Crippen LogP contribution >= 0.6 is 0 Å². The van der Waals surface area contributed by atoms with Gasteiger partial charge in [0.25, 0.3) is 0 Å². The zero-order chi connectivity index (χ0) is 12.2. The summed E-state index contributed by atoms with van der Waals surface area (Å²) < 4.78 is 5.14. The number of rotatable bonds is 5. The summed E-state index contributed by atoms with van der Waals surface area (Å²) >= 11 is 0. The van der Waals surface area contributed by atoms with Crippen molar-refractivity contribution in [2.75, 3.05) is 24.8 Å². The summed E-state index contributed by atoms with van der Waals surface area (Å²) in [6.45, 7) is 4.21. The van der Waals surface area contributed by atoms with Crippen molar-refractivity contribution in [1.82, 2.24) is 0 Å². The summed E-state index contributed by atoms with van der Waals surface area (Å²) in [4.78, 5) is 0. The molecule has 1 aromatic rings. The lowest BCUT2D eigenvalue weighted by molar-refractivity contribution is 0.261. The average molecular weight is 224 g/mol. The zero-order valence-electron chi connectivity index (χ0n) is 10.1. The topological polar surface area (TPSA) is 67.5 Å². The van der Waals surface area contributed by atoms with Crippen LogP contribution in [-0.4, -0.2) is 24.4 Å². The molecule has 90 valence electrons. The van der Waals surface area contributed by atoms with Crippen molar-refractivity contribution >= 4 is 11.4 Å². The first-order chi connectivity index (χ1) is 7.46. The molecule has 0 spiro atoms. The van der Waals surface area contributed by atoms with Gasteiger partial charge in [-0.25, -0.2) is 0 Å². The maximum absolute atomic E-state index is 8.95. The molecule has 0 aliphatic carbocycles. The van der Waals surface area contributed by atoms with Crippen molar-refractivity contribution in [3.05, 3.63) is 18.2 Å². The molecule has 0 aromatic heterocycles. The summed E-state index contributed by atoms with van der Waals surface area (Å²) in [6, 6.07) is 5.50. The second kappa shape index (κ2) is 5.07. The van der Waals surface area contributed by atoms with Crippen molar-refractivity contribution in [3.63, 3.8) is 0 Å². The van der Waals surface area contributed by atoms with Gasteiger partial charge in [-0.1, -0.05) is 0 Å². The van der Waals surface area contributed by atoms with Crippen molar-refractivity contribution in [1.29, 1.82) is 0 Å². The molecule has 4 N–H and O–H groups in total. The Labute approximate surface area is 96.4 Å². The SMILES string of the molecule is COc1cc(N)cc(NC(C)(C)CCO)c1. The van der Waals surface area contributed by atoms with Crippen LogP contribution in [0.3, 0.4) is 0 Å². The van der Waals surface area contributed by atoms with E-state index >= 15 is 0 Å². The van der Waals surface area contributed by atoms with E-state index in [0.29, 0.717) is 12.1 Å². The van der Waals surface area contributed by atoms with Crippen LogP contribution in [0.4, 0.5) is 11.4 Å². The molecule has 0 radical (unpaired) electrons. The number of benzene rings is 1. The lowest BCUT2D eigenvalue weighted by atomic mass is 10.0. The fourth-order valence-electron chi connectivity index (χ4n) is 1.54. The van der Waals surface area contributed by atoms with Gasteiger partial charge in [-0.15, -0.1) is 0 Å². The Kier molecular flexibility index (Phi) is 4.01. The minimum absolute atomic E-state index is 0.152. The van der Waals surface area contributed by atoms with Crippen molar-refractivity contribution < 1.29 is 9.84 Å². The molecule has 1 aromatic carbocycles. The summed E-state index contributed by atoms with van der Waals surface area (Å²) in [7, 11) is 1.61. The molecule has 0 bridgehead atoms. The molecule has 0 atom stereocenters. The monoisotopic (exact) mass is 224 g/mol. The van der Waals surface area contributed by atoms with Gasteiger partial charge in [0.05, 0.1) is 7.11 Å². The Morgan fingerprint density at radius 3 is 2.62 bits per heavy atom. The Hall–Kier alpha value is -1.42. The number of nitrogen functional groups attached to an aromatic ring is 1. The van der Waals surface area contributed by atoms with E-state index in [1.165, 1.54) is 0 Å². The number of nitrogens with one attached hydrogen (secondary N) is 1. The molecule has 0 aliphatic rings. The molecule has 1 rings (SSSR count). The van der Waals surface area contributed by atoms with Crippen LogP contribution in [0.5, 0.6) is 5.75 Å². The van der Waals surface area contributed by atoms with Crippen LogP contribution in [0.25, 0.3) is 0 Å². The molecule has 0 unspecified atom stereocenters. The number of hydrogen-bond donors (Lipinski definition) is 3. The lowest BCUT2D eigenvalue weighted by Gasteiger charge is -2.27. The van der Waals surface area contributed by atoms with Crippen molar-refractivity contribution in [3.8, 4) is 5.75 Å². The molecule has 0 amide bonds. The maximum Gasteiger partial charge on any atom is 0.122 e. The van der Waals surface area contributed by atoms with Crippen LogP contribution in [-0.2, 0) is 0 Å². The molecule has 16 heavy (non-hydrogen) atoms. The second-order valence-corrected chi connectivity index (χ2v) is 4.48. The fourth-order valence-corrected chi connectivity index (χ4v) is 1.54. The number of nitrogens with two attached hydrogens (primary N) is 1. The van der Waals surface area contributed by atoms with Gasteiger partial charge in [-0.3, -0.25) is 0 Å². The normalized spacial score (nSPS) is 11.2. The standard InChI is InChI=1S/C12H20N2O2/c1-12(2,4-5-15)14-10-6-9(13)7-11(8-10)16-3/h6-8,14-15H,4-5,13H2,1-3H3. The Morgan fingerprint density at radius 1 is 1.38 bits per heavy atom.